The minimum Gasteiger partial charge on any atom is -0.350 e. The molecular formula is C27H29N3O2. The third kappa shape index (κ3) is 5.06. The van der Waals surface area contributed by atoms with Crippen LogP contribution in [-0.2, 0) is 13.0 Å². The zero-order valence-electron chi connectivity index (χ0n) is 18.6. The maximum Gasteiger partial charge on any atom is 0.255 e. The van der Waals surface area contributed by atoms with Crippen molar-refractivity contribution in [2.75, 3.05) is 18.4 Å². The molecule has 3 aromatic rings. The second-order valence-electron chi connectivity index (χ2n) is 8.40. The van der Waals surface area contributed by atoms with Gasteiger partial charge in [-0.15, -0.1) is 0 Å². The van der Waals surface area contributed by atoms with E-state index in [1.54, 1.807) is 24.3 Å². The molecule has 32 heavy (non-hydrogen) atoms. The van der Waals surface area contributed by atoms with Gasteiger partial charge in [0.1, 0.15) is 0 Å². The van der Waals surface area contributed by atoms with E-state index in [1.165, 1.54) is 11.1 Å². The molecule has 2 N–H and O–H groups in total. The number of fused-ring (bicyclic) bond motifs is 1. The molecule has 0 aromatic heterocycles. The molecule has 0 aliphatic carbocycles. The first kappa shape index (κ1) is 21.8. The highest BCUT2D eigenvalue weighted by Crippen LogP contribution is 2.21. The Labute approximate surface area is 189 Å². The molecule has 1 heterocycles. The number of rotatable bonds is 6. The van der Waals surface area contributed by atoms with Crippen LogP contribution in [0.4, 0.5) is 5.69 Å². The van der Waals surface area contributed by atoms with Gasteiger partial charge in [0.25, 0.3) is 11.8 Å². The van der Waals surface area contributed by atoms with Gasteiger partial charge in [0, 0.05) is 42.5 Å². The quantitative estimate of drug-likeness (QED) is 0.612. The van der Waals surface area contributed by atoms with Gasteiger partial charge < -0.3 is 10.6 Å². The minimum absolute atomic E-state index is 0.135. The number of hydrogen-bond acceptors (Lipinski definition) is 3. The van der Waals surface area contributed by atoms with E-state index in [0.717, 1.165) is 25.1 Å². The van der Waals surface area contributed by atoms with Gasteiger partial charge >= 0.3 is 0 Å². The molecule has 0 radical (unpaired) electrons. The zero-order valence-corrected chi connectivity index (χ0v) is 18.6. The predicted octanol–water partition coefficient (Wildman–Crippen LogP) is 4.42. The fourth-order valence-corrected chi connectivity index (χ4v) is 4.05. The summed E-state index contributed by atoms with van der Waals surface area (Å²) in [6.45, 7) is 6.54. The highest BCUT2D eigenvalue weighted by atomic mass is 16.2. The van der Waals surface area contributed by atoms with Crippen molar-refractivity contribution in [1.82, 2.24) is 10.2 Å². The first-order chi connectivity index (χ1) is 15.5. The molecule has 1 unspecified atom stereocenters. The fourth-order valence-electron chi connectivity index (χ4n) is 4.05. The van der Waals surface area contributed by atoms with Crippen molar-refractivity contribution in [1.29, 1.82) is 0 Å². The van der Waals surface area contributed by atoms with Gasteiger partial charge in [-0.2, -0.15) is 0 Å². The molecule has 5 nitrogen and oxygen atoms in total. The van der Waals surface area contributed by atoms with E-state index in [4.69, 9.17) is 0 Å². The number of aryl methyl sites for hydroxylation is 1. The van der Waals surface area contributed by atoms with Gasteiger partial charge in [-0.05, 0) is 61.2 Å². The lowest BCUT2D eigenvalue weighted by Crippen LogP contribution is -2.44. The molecule has 164 valence electrons. The smallest absolute Gasteiger partial charge is 0.255 e. The molecule has 0 fully saturated rings. The van der Waals surface area contributed by atoms with Crippen LogP contribution in [0.3, 0.4) is 0 Å². The van der Waals surface area contributed by atoms with E-state index >= 15 is 0 Å². The number of nitrogens with one attached hydrogen (secondary N) is 2. The van der Waals surface area contributed by atoms with Crippen molar-refractivity contribution >= 4 is 17.5 Å². The molecule has 1 atom stereocenters. The topological polar surface area (TPSA) is 61.4 Å². The van der Waals surface area contributed by atoms with Crippen LogP contribution in [-0.4, -0.2) is 35.8 Å². The number of benzene rings is 3. The average Bonchev–Trinajstić information content (AvgIpc) is 2.83. The molecule has 0 bridgehead atoms. The molecular weight excluding hydrogens is 398 g/mol. The Hall–Kier alpha value is -3.44. The lowest BCUT2D eigenvalue weighted by atomic mass is 9.99. The minimum atomic E-state index is -0.190. The Morgan fingerprint density at radius 1 is 0.906 bits per heavy atom. The van der Waals surface area contributed by atoms with Crippen LogP contribution in [0.1, 0.15) is 44.3 Å². The molecule has 0 saturated carbocycles. The van der Waals surface area contributed by atoms with Crippen LogP contribution in [0, 0.1) is 6.92 Å². The number of nitrogens with zero attached hydrogens (tertiary/aromatic N) is 1. The number of anilines is 1. The maximum atomic E-state index is 12.8. The van der Waals surface area contributed by atoms with Crippen molar-refractivity contribution in [2.24, 2.45) is 0 Å². The Morgan fingerprint density at radius 2 is 1.62 bits per heavy atom. The second kappa shape index (κ2) is 9.79. The van der Waals surface area contributed by atoms with E-state index in [1.807, 2.05) is 31.2 Å². The van der Waals surface area contributed by atoms with Crippen LogP contribution in [0.2, 0.25) is 0 Å². The van der Waals surface area contributed by atoms with Crippen LogP contribution in [0.5, 0.6) is 0 Å². The largest absolute Gasteiger partial charge is 0.350 e. The Kier molecular flexibility index (Phi) is 6.66. The summed E-state index contributed by atoms with van der Waals surface area (Å²) in [7, 11) is 0. The van der Waals surface area contributed by atoms with Crippen LogP contribution < -0.4 is 10.6 Å². The monoisotopic (exact) mass is 427 g/mol. The van der Waals surface area contributed by atoms with Crippen molar-refractivity contribution in [2.45, 2.75) is 32.9 Å². The van der Waals surface area contributed by atoms with Crippen molar-refractivity contribution in [3.63, 3.8) is 0 Å². The third-order valence-electron chi connectivity index (χ3n) is 6.13. The first-order valence-electron chi connectivity index (χ1n) is 11.1. The highest BCUT2D eigenvalue weighted by Gasteiger charge is 2.21. The van der Waals surface area contributed by atoms with E-state index in [2.05, 4.69) is 46.7 Å². The molecule has 0 saturated heterocycles. The van der Waals surface area contributed by atoms with Gasteiger partial charge in [0.15, 0.2) is 0 Å². The summed E-state index contributed by atoms with van der Waals surface area (Å²) >= 11 is 0. The van der Waals surface area contributed by atoms with Crippen molar-refractivity contribution in [3.05, 3.63) is 101 Å². The number of amides is 2. The van der Waals surface area contributed by atoms with Gasteiger partial charge in [0.2, 0.25) is 0 Å². The molecule has 0 spiro atoms. The Bertz CT molecular complexity index is 1110. The molecule has 1 aliphatic heterocycles. The van der Waals surface area contributed by atoms with E-state index in [9.17, 15) is 9.59 Å². The molecule has 2 amide bonds. The lowest BCUT2D eigenvalue weighted by Gasteiger charge is -2.33. The van der Waals surface area contributed by atoms with Crippen LogP contribution in [0.15, 0.2) is 72.8 Å². The summed E-state index contributed by atoms with van der Waals surface area (Å²) in [5.41, 5.74) is 5.46. The van der Waals surface area contributed by atoms with Gasteiger partial charge in [-0.1, -0.05) is 48.5 Å². The summed E-state index contributed by atoms with van der Waals surface area (Å²) in [5.74, 6) is -0.324. The first-order valence-corrected chi connectivity index (χ1v) is 11.1. The maximum absolute atomic E-state index is 12.8. The number of carbonyl (C=O) groups is 2. The molecule has 1 aliphatic rings. The molecule has 4 rings (SSSR count). The van der Waals surface area contributed by atoms with E-state index < -0.39 is 0 Å². The van der Waals surface area contributed by atoms with Crippen LogP contribution >= 0.6 is 0 Å². The number of carbonyl (C=O) groups excluding carboxylic acids is 2. The lowest BCUT2D eigenvalue weighted by molar-refractivity contribution is 0.0931. The SMILES string of the molecule is Cc1ccc(C(=O)NCC(C)N2CCc3ccccc3C2)cc1NC(=O)c1ccccc1. The molecule has 3 aromatic carbocycles. The highest BCUT2D eigenvalue weighted by molar-refractivity contribution is 6.05. The average molecular weight is 428 g/mol. The summed E-state index contributed by atoms with van der Waals surface area (Å²) in [6, 6.07) is 23.3. The van der Waals surface area contributed by atoms with Gasteiger partial charge in [0.05, 0.1) is 0 Å². The number of hydrogen-bond donors (Lipinski definition) is 2. The van der Waals surface area contributed by atoms with Gasteiger partial charge in [-0.3, -0.25) is 14.5 Å². The van der Waals surface area contributed by atoms with Crippen molar-refractivity contribution < 1.29 is 9.59 Å². The molecule has 5 heteroatoms. The van der Waals surface area contributed by atoms with Crippen LogP contribution in [0.25, 0.3) is 0 Å². The van der Waals surface area contributed by atoms with Crippen molar-refractivity contribution in [3.8, 4) is 0 Å². The fraction of sp³-hybridized carbons (Fsp3) is 0.259. The Morgan fingerprint density at radius 3 is 2.41 bits per heavy atom. The van der Waals surface area contributed by atoms with E-state index in [0.29, 0.717) is 23.4 Å². The summed E-state index contributed by atoms with van der Waals surface area (Å²) in [4.78, 5) is 27.7. The predicted molar refractivity (Wildman–Crippen MR) is 128 cm³/mol. The second-order valence-corrected chi connectivity index (χ2v) is 8.40. The Balaban J connectivity index is 1.36. The standard InChI is InChI=1S/C27H29N3O2/c1-19-12-13-23(16-25(19)29-27(32)22-9-4-3-5-10-22)26(31)28-17-20(2)30-15-14-21-8-6-7-11-24(21)18-30/h3-13,16,20H,14-15,17-18H2,1-2H3,(H,28,31)(H,29,32). The normalized spacial score (nSPS) is 14.3. The summed E-state index contributed by atoms with van der Waals surface area (Å²) in [5, 5.41) is 5.98. The summed E-state index contributed by atoms with van der Waals surface area (Å²) < 4.78 is 0. The summed E-state index contributed by atoms with van der Waals surface area (Å²) in [6.07, 6.45) is 1.04. The van der Waals surface area contributed by atoms with E-state index in [-0.39, 0.29) is 17.9 Å². The zero-order chi connectivity index (χ0) is 22.5. The third-order valence-corrected chi connectivity index (χ3v) is 6.13. The van der Waals surface area contributed by atoms with Gasteiger partial charge in [-0.25, -0.2) is 0 Å².